The lowest BCUT2D eigenvalue weighted by molar-refractivity contribution is 0.560. The SMILES string of the molecule is C=CCn1ccc(N[C]=O)n1. The van der Waals surface area contributed by atoms with Crippen molar-refractivity contribution >= 4 is 12.2 Å². The van der Waals surface area contributed by atoms with E-state index in [0.717, 1.165) is 0 Å². The number of aromatic nitrogens is 2. The first kappa shape index (κ1) is 7.53. The molecule has 1 aromatic heterocycles. The number of nitrogens with one attached hydrogen (secondary N) is 1. The average molecular weight is 150 g/mol. The second-order valence-electron chi connectivity index (χ2n) is 1.94. The van der Waals surface area contributed by atoms with Gasteiger partial charge in [-0.3, -0.25) is 9.48 Å². The molecular formula is C7H8N3O. The van der Waals surface area contributed by atoms with Gasteiger partial charge in [0.25, 0.3) is 0 Å². The van der Waals surface area contributed by atoms with Crippen molar-refractivity contribution in [2.45, 2.75) is 6.54 Å². The first-order chi connectivity index (χ1) is 5.36. The number of rotatable bonds is 4. The highest BCUT2D eigenvalue weighted by molar-refractivity contribution is 5.68. The zero-order valence-corrected chi connectivity index (χ0v) is 5.95. The van der Waals surface area contributed by atoms with Crippen LogP contribution in [0, 0.1) is 0 Å². The molecule has 0 saturated carbocycles. The van der Waals surface area contributed by atoms with Crippen molar-refractivity contribution in [1.82, 2.24) is 9.78 Å². The third kappa shape index (κ3) is 1.93. The van der Waals surface area contributed by atoms with Gasteiger partial charge in [-0.2, -0.15) is 5.10 Å². The lowest BCUT2D eigenvalue weighted by Crippen LogP contribution is -1.98. The molecule has 0 bridgehead atoms. The van der Waals surface area contributed by atoms with E-state index in [1.807, 2.05) is 0 Å². The summed E-state index contributed by atoms with van der Waals surface area (Å²) in [6.45, 7) is 4.19. The van der Waals surface area contributed by atoms with Crippen LogP contribution in [0.4, 0.5) is 5.82 Å². The van der Waals surface area contributed by atoms with Crippen LogP contribution in [-0.2, 0) is 11.3 Å². The Hall–Kier alpha value is -1.58. The number of hydrogen-bond donors (Lipinski definition) is 1. The highest BCUT2D eigenvalue weighted by atomic mass is 16.1. The zero-order chi connectivity index (χ0) is 8.10. The number of carbonyl (C=O) groups excluding carboxylic acids is 1. The molecule has 1 radical (unpaired) electrons. The molecule has 11 heavy (non-hydrogen) atoms. The van der Waals surface area contributed by atoms with Crippen LogP contribution in [0.2, 0.25) is 0 Å². The van der Waals surface area contributed by atoms with Gasteiger partial charge in [-0.25, -0.2) is 0 Å². The summed E-state index contributed by atoms with van der Waals surface area (Å²) in [5, 5.41) is 6.28. The summed E-state index contributed by atoms with van der Waals surface area (Å²) in [6, 6.07) is 1.69. The second-order valence-corrected chi connectivity index (χ2v) is 1.94. The van der Waals surface area contributed by atoms with E-state index in [4.69, 9.17) is 0 Å². The van der Waals surface area contributed by atoms with E-state index in [9.17, 15) is 4.79 Å². The fourth-order valence-corrected chi connectivity index (χ4v) is 0.715. The maximum absolute atomic E-state index is 9.84. The topological polar surface area (TPSA) is 46.9 Å². The van der Waals surface area contributed by atoms with Gasteiger partial charge in [-0.1, -0.05) is 6.08 Å². The van der Waals surface area contributed by atoms with Crippen LogP contribution in [0.3, 0.4) is 0 Å². The van der Waals surface area contributed by atoms with Crippen LogP contribution < -0.4 is 5.32 Å². The summed E-state index contributed by atoms with van der Waals surface area (Å²) in [5.41, 5.74) is 0. The highest BCUT2D eigenvalue weighted by Gasteiger charge is 1.94. The minimum absolute atomic E-state index is 0.502. The molecule has 1 N–H and O–H groups in total. The number of hydrogen-bond acceptors (Lipinski definition) is 2. The average Bonchev–Trinajstić information content (AvgIpc) is 2.38. The summed E-state index contributed by atoms with van der Waals surface area (Å²) < 4.78 is 1.66. The van der Waals surface area contributed by atoms with Gasteiger partial charge in [-0.05, 0) is 0 Å². The van der Waals surface area contributed by atoms with Crippen LogP contribution in [0.5, 0.6) is 0 Å². The molecule has 0 fully saturated rings. The third-order valence-electron chi connectivity index (χ3n) is 1.14. The predicted octanol–water partition coefficient (Wildman–Crippen LogP) is 0.548. The lowest BCUT2D eigenvalue weighted by Gasteiger charge is -1.92. The molecule has 0 aromatic carbocycles. The van der Waals surface area contributed by atoms with E-state index in [-0.39, 0.29) is 0 Å². The zero-order valence-electron chi connectivity index (χ0n) is 5.95. The number of anilines is 1. The lowest BCUT2D eigenvalue weighted by atomic mass is 10.6. The minimum atomic E-state index is 0.502. The van der Waals surface area contributed by atoms with Crippen LogP contribution in [0.15, 0.2) is 24.9 Å². The van der Waals surface area contributed by atoms with Crippen molar-refractivity contribution in [2.24, 2.45) is 0 Å². The van der Waals surface area contributed by atoms with Crippen LogP contribution >= 0.6 is 0 Å². The van der Waals surface area contributed by atoms with Crippen LogP contribution in [-0.4, -0.2) is 16.2 Å². The van der Waals surface area contributed by atoms with Gasteiger partial charge in [0.05, 0.1) is 6.54 Å². The van der Waals surface area contributed by atoms with Gasteiger partial charge in [0, 0.05) is 12.3 Å². The monoisotopic (exact) mass is 150 g/mol. The molecule has 4 heteroatoms. The first-order valence-corrected chi connectivity index (χ1v) is 3.14. The molecule has 0 saturated heterocycles. The summed E-state index contributed by atoms with van der Waals surface area (Å²) in [5.74, 6) is 0.502. The molecule has 1 rings (SSSR count). The summed E-state index contributed by atoms with van der Waals surface area (Å²) in [4.78, 5) is 9.84. The van der Waals surface area contributed by atoms with Crippen molar-refractivity contribution in [2.75, 3.05) is 5.32 Å². The van der Waals surface area contributed by atoms with E-state index in [1.165, 1.54) is 6.41 Å². The number of allylic oxidation sites excluding steroid dienone is 1. The Labute approximate surface area is 64.5 Å². The Kier molecular flexibility index (Phi) is 2.43. The molecule has 0 unspecified atom stereocenters. The second kappa shape index (κ2) is 3.55. The van der Waals surface area contributed by atoms with Crippen molar-refractivity contribution in [1.29, 1.82) is 0 Å². The molecule has 0 aliphatic rings. The van der Waals surface area contributed by atoms with Crippen molar-refractivity contribution in [3.63, 3.8) is 0 Å². The maximum atomic E-state index is 9.84. The summed E-state index contributed by atoms with van der Waals surface area (Å²) in [7, 11) is 0. The highest BCUT2D eigenvalue weighted by Crippen LogP contribution is 1.99. The Morgan fingerprint density at radius 3 is 3.36 bits per heavy atom. The number of nitrogens with zero attached hydrogens (tertiary/aromatic N) is 2. The molecular weight excluding hydrogens is 142 g/mol. The van der Waals surface area contributed by atoms with E-state index in [2.05, 4.69) is 17.0 Å². The van der Waals surface area contributed by atoms with Crippen molar-refractivity contribution in [3.8, 4) is 0 Å². The number of amides is 1. The molecule has 0 aliphatic heterocycles. The summed E-state index contributed by atoms with van der Waals surface area (Å²) >= 11 is 0. The van der Waals surface area contributed by atoms with Crippen LogP contribution in [0.1, 0.15) is 0 Å². The first-order valence-electron chi connectivity index (χ1n) is 3.14. The maximum Gasteiger partial charge on any atom is 0.315 e. The fraction of sp³-hybridized carbons (Fsp3) is 0.143. The van der Waals surface area contributed by atoms with Crippen molar-refractivity contribution < 1.29 is 4.79 Å². The molecule has 4 nitrogen and oxygen atoms in total. The van der Waals surface area contributed by atoms with Gasteiger partial charge in [-0.15, -0.1) is 6.58 Å². The van der Waals surface area contributed by atoms with E-state index in [1.54, 1.807) is 23.0 Å². The Balaban J connectivity index is 2.64. The predicted molar refractivity (Wildman–Crippen MR) is 41.7 cm³/mol. The Morgan fingerprint density at radius 2 is 2.73 bits per heavy atom. The van der Waals surface area contributed by atoms with Gasteiger partial charge in [0.1, 0.15) is 0 Å². The molecule has 57 valence electrons. The Bertz CT molecular complexity index is 229. The normalized spacial score (nSPS) is 9.09. The van der Waals surface area contributed by atoms with E-state index in [0.29, 0.717) is 12.4 Å². The van der Waals surface area contributed by atoms with Crippen molar-refractivity contribution in [3.05, 3.63) is 24.9 Å². The molecule has 1 aromatic rings. The Morgan fingerprint density at radius 1 is 1.91 bits per heavy atom. The van der Waals surface area contributed by atoms with Gasteiger partial charge >= 0.3 is 6.41 Å². The van der Waals surface area contributed by atoms with Gasteiger partial charge < -0.3 is 5.32 Å². The standard InChI is InChI=1S/C7H8N3O/c1-2-4-10-5-3-7(9-10)8-6-11/h2-3,5H,1,4H2,(H,8,9,11). The molecule has 1 heterocycles. The molecule has 0 aliphatic carbocycles. The van der Waals surface area contributed by atoms with E-state index >= 15 is 0 Å². The fourth-order valence-electron chi connectivity index (χ4n) is 0.715. The smallest absolute Gasteiger partial charge is 0.301 e. The third-order valence-corrected chi connectivity index (χ3v) is 1.14. The minimum Gasteiger partial charge on any atom is -0.301 e. The largest absolute Gasteiger partial charge is 0.315 e. The summed E-state index contributed by atoms with van der Waals surface area (Å²) in [6.07, 6.45) is 5.01. The van der Waals surface area contributed by atoms with Crippen LogP contribution in [0.25, 0.3) is 0 Å². The molecule has 1 amide bonds. The molecule has 0 atom stereocenters. The van der Waals surface area contributed by atoms with E-state index < -0.39 is 0 Å². The quantitative estimate of drug-likeness (QED) is 0.503. The molecule has 0 spiro atoms. The van der Waals surface area contributed by atoms with Gasteiger partial charge in [0.2, 0.25) is 0 Å². The van der Waals surface area contributed by atoms with Gasteiger partial charge in [0.15, 0.2) is 5.82 Å².